The molecule has 2 amide bonds. The number of hydroxylamine groups is 1. The van der Waals surface area contributed by atoms with Gasteiger partial charge in [-0.1, -0.05) is 48.5 Å². The molecular formula is C16H18N2O2. The van der Waals surface area contributed by atoms with Gasteiger partial charge in [0.2, 0.25) is 0 Å². The van der Waals surface area contributed by atoms with Crippen molar-refractivity contribution in [2.75, 3.05) is 11.9 Å². The molecule has 104 valence electrons. The molecular weight excluding hydrogens is 252 g/mol. The minimum atomic E-state index is -0.368. The quantitative estimate of drug-likeness (QED) is 0.647. The van der Waals surface area contributed by atoms with E-state index in [4.69, 9.17) is 4.84 Å². The highest BCUT2D eigenvalue weighted by Gasteiger charge is 2.03. The van der Waals surface area contributed by atoms with Crippen molar-refractivity contribution < 1.29 is 9.63 Å². The highest BCUT2D eigenvalue weighted by molar-refractivity contribution is 5.89. The fourth-order valence-electron chi connectivity index (χ4n) is 1.79. The second kappa shape index (κ2) is 7.31. The molecule has 0 saturated carbocycles. The van der Waals surface area contributed by atoms with Crippen LogP contribution in [0.15, 0.2) is 54.6 Å². The van der Waals surface area contributed by atoms with E-state index in [1.807, 2.05) is 61.5 Å². The molecule has 0 aliphatic rings. The van der Waals surface area contributed by atoms with Gasteiger partial charge in [0.15, 0.2) is 0 Å². The van der Waals surface area contributed by atoms with Crippen molar-refractivity contribution in [3.63, 3.8) is 0 Å². The average molecular weight is 270 g/mol. The van der Waals surface area contributed by atoms with Gasteiger partial charge in [0.25, 0.3) is 0 Å². The molecule has 2 N–H and O–H groups in total. The number of aryl methyl sites for hydroxylation is 1. The maximum absolute atomic E-state index is 11.6. The summed E-state index contributed by atoms with van der Waals surface area (Å²) in [6, 6.07) is 17.2. The van der Waals surface area contributed by atoms with Gasteiger partial charge >= 0.3 is 6.03 Å². The number of amides is 2. The zero-order valence-electron chi connectivity index (χ0n) is 11.4. The lowest BCUT2D eigenvalue weighted by Gasteiger charge is -2.09. The van der Waals surface area contributed by atoms with E-state index in [0.29, 0.717) is 6.61 Å². The van der Waals surface area contributed by atoms with E-state index in [2.05, 4.69) is 10.8 Å². The molecule has 0 unspecified atom stereocenters. The molecule has 2 rings (SSSR count). The third-order valence-corrected chi connectivity index (χ3v) is 2.89. The number of carbonyl (C=O) groups excluding carboxylic acids is 1. The van der Waals surface area contributed by atoms with Crippen molar-refractivity contribution in [1.29, 1.82) is 0 Å². The van der Waals surface area contributed by atoms with Crippen molar-refractivity contribution in [2.45, 2.75) is 13.3 Å². The first kappa shape index (κ1) is 14.1. The third-order valence-electron chi connectivity index (χ3n) is 2.89. The normalized spacial score (nSPS) is 10.1. The van der Waals surface area contributed by atoms with Gasteiger partial charge in [-0.25, -0.2) is 10.3 Å². The van der Waals surface area contributed by atoms with Crippen LogP contribution in [0, 0.1) is 6.92 Å². The van der Waals surface area contributed by atoms with Gasteiger partial charge in [-0.3, -0.25) is 4.84 Å². The van der Waals surface area contributed by atoms with Crippen LogP contribution in [-0.4, -0.2) is 12.6 Å². The van der Waals surface area contributed by atoms with Crippen LogP contribution in [-0.2, 0) is 11.3 Å². The lowest BCUT2D eigenvalue weighted by Crippen LogP contribution is -2.29. The van der Waals surface area contributed by atoms with Gasteiger partial charge in [0.05, 0.1) is 6.61 Å². The summed E-state index contributed by atoms with van der Waals surface area (Å²) < 4.78 is 0. The predicted molar refractivity (Wildman–Crippen MR) is 79.4 cm³/mol. The number of nitrogens with one attached hydrogen (secondary N) is 2. The van der Waals surface area contributed by atoms with Gasteiger partial charge < -0.3 is 5.32 Å². The van der Waals surface area contributed by atoms with E-state index >= 15 is 0 Å². The van der Waals surface area contributed by atoms with E-state index in [1.54, 1.807) is 0 Å². The molecule has 0 aromatic heterocycles. The molecule has 4 nitrogen and oxygen atoms in total. The molecule has 2 aromatic rings. The first-order valence-corrected chi connectivity index (χ1v) is 6.54. The van der Waals surface area contributed by atoms with Gasteiger partial charge in [-0.05, 0) is 30.5 Å². The minimum absolute atomic E-state index is 0.368. The number of carbonyl (C=O) groups is 1. The number of urea groups is 1. The summed E-state index contributed by atoms with van der Waals surface area (Å²) in [7, 11) is 0. The molecule has 20 heavy (non-hydrogen) atoms. The second-order valence-electron chi connectivity index (χ2n) is 4.46. The van der Waals surface area contributed by atoms with E-state index in [1.165, 1.54) is 5.56 Å². The van der Waals surface area contributed by atoms with E-state index in [9.17, 15) is 4.79 Å². The Bertz CT molecular complexity index is 555. The largest absolute Gasteiger partial charge is 0.343 e. The molecule has 2 aromatic carbocycles. The molecule has 0 aliphatic carbocycles. The van der Waals surface area contributed by atoms with Crippen LogP contribution in [0.25, 0.3) is 0 Å². The molecule has 0 fully saturated rings. The Hall–Kier alpha value is -2.33. The lowest BCUT2D eigenvalue weighted by molar-refractivity contribution is 0.0681. The highest BCUT2D eigenvalue weighted by atomic mass is 16.7. The van der Waals surface area contributed by atoms with Crippen molar-refractivity contribution in [2.24, 2.45) is 0 Å². The predicted octanol–water partition coefficient (Wildman–Crippen LogP) is 3.29. The summed E-state index contributed by atoms with van der Waals surface area (Å²) in [5, 5.41) is 2.73. The monoisotopic (exact) mass is 270 g/mol. The molecule has 0 spiro atoms. The highest BCUT2D eigenvalue weighted by Crippen LogP contribution is 2.12. The van der Waals surface area contributed by atoms with Crippen LogP contribution in [0.3, 0.4) is 0 Å². The number of rotatable bonds is 5. The smallest absolute Gasteiger partial charge is 0.306 e. The number of para-hydroxylation sites is 1. The molecule has 0 bridgehead atoms. The third kappa shape index (κ3) is 4.40. The number of benzene rings is 2. The summed E-state index contributed by atoms with van der Waals surface area (Å²) in [4.78, 5) is 16.8. The van der Waals surface area contributed by atoms with Crippen LogP contribution in [0.5, 0.6) is 0 Å². The summed E-state index contributed by atoms with van der Waals surface area (Å²) in [5.74, 6) is 0. The Balaban J connectivity index is 1.69. The first-order valence-electron chi connectivity index (χ1n) is 6.54. The van der Waals surface area contributed by atoms with Crippen LogP contribution in [0.2, 0.25) is 0 Å². The van der Waals surface area contributed by atoms with E-state index in [-0.39, 0.29) is 6.03 Å². The van der Waals surface area contributed by atoms with E-state index in [0.717, 1.165) is 17.7 Å². The van der Waals surface area contributed by atoms with Crippen molar-refractivity contribution in [3.8, 4) is 0 Å². The first-order chi connectivity index (χ1) is 9.75. The Labute approximate surface area is 118 Å². The van der Waals surface area contributed by atoms with Gasteiger partial charge in [-0.15, -0.1) is 0 Å². The number of hydrogen-bond donors (Lipinski definition) is 2. The molecule has 0 aliphatic heterocycles. The molecule has 0 heterocycles. The maximum atomic E-state index is 11.6. The van der Waals surface area contributed by atoms with Crippen molar-refractivity contribution in [3.05, 3.63) is 65.7 Å². The molecule has 4 heteroatoms. The maximum Gasteiger partial charge on any atom is 0.343 e. The fraction of sp³-hybridized carbons (Fsp3) is 0.188. The summed E-state index contributed by atoms with van der Waals surface area (Å²) >= 11 is 0. The van der Waals surface area contributed by atoms with Crippen molar-refractivity contribution >= 4 is 11.7 Å². The Morgan fingerprint density at radius 1 is 1.05 bits per heavy atom. The summed E-state index contributed by atoms with van der Waals surface area (Å²) in [5.41, 5.74) is 5.33. The van der Waals surface area contributed by atoms with Crippen molar-refractivity contribution in [1.82, 2.24) is 5.48 Å². The topological polar surface area (TPSA) is 50.4 Å². The Morgan fingerprint density at radius 2 is 1.75 bits per heavy atom. The Kier molecular flexibility index (Phi) is 5.15. The number of hydrogen-bond acceptors (Lipinski definition) is 2. The SMILES string of the molecule is Cc1ccccc1NC(=O)NOCCc1ccccc1. The zero-order valence-corrected chi connectivity index (χ0v) is 11.4. The molecule has 0 atom stereocenters. The van der Waals surface area contributed by atoms with Crippen LogP contribution in [0.4, 0.5) is 10.5 Å². The van der Waals surface area contributed by atoms with Gasteiger partial charge in [-0.2, -0.15) is 0 Å². The van der Waals surface area contributed by atoms with Crippen LogP contribution >= 0.6 is 0 Å². The van der Waals surface area contributed by atoms with E-state index < -0.39 is 0 Å². The summed E-state index contributed by atoms with van der Waals surface area (Å²) in [6.07, 6.45) is 0.755. The fourth-order valence-corrected chi connectivity index (χ4v) is 1.79. The number of anilines is 1. The molecule has 0 radical (unpaired) electrons. The Morgan fingerprint density at radius 3 is 2.50 bits per heavy atom. The second-order valence-corrected chi connectivity index (χ2v) is 4.46. The summed E-state index contributed by atoms with van der Waals surface area (Å²) in [6.45, 7) is 2.37. The lowest BCUT2D eigenvalue weighted by atomic mass is 10.2. The van der Waals surface area contributed by atoms with Crippen LogP contribution in [0.1, 0.15) is 11.1 Å². The molecule has 0 saturated heterocycles. The van der Waals surface area contributed by atoms with Gasteiger partial charge in [0, 0.05) is 5.69 Å². The average Bonchev–Trinajstić information content (AvgIpc) is 2.47. The standard InChI is InChI=1S/C16H18N2O2/c1-13-7-5-6-10-15(13)17-16(19)18-20-12-11-14-8-3-2-4-9-14/h2-10H,11-12H2,1H3,(H2,17,18,19). The minimum Gasteiger partial charge on any atom is -0.306 e. The van der Waals surface area contributed by atoms with Gasteiger partial charge in [0.1, 0.15) is 0 Å². The van der Waals surface area contributed by atoms with Crippen LogP contribution < -0.4 is 10.8 Å². The zero-order chi connectivity index (χ0) is 14.2.